The molecule has 0 bridgehead atoms. The van der Waals surface area contributed by atoms with Gasteiger partial charge in [0.25, 0.3) is 0 Å². The van der Waals surface area contributed by atoms with Crippen LogP contribution in [0.25, 0.3) is 0 Å². The normalized spacial score (nSPS) is 10.5. The molecule has 6 heteroatoms. The number of methoxy groups -OCH3 is 1. The van der Waals surface area contributed by atoms with Gasteiger partial charge in [0, 0.05) is 6.54 Å². The number of para-hydroxylation sites is 1. The van der Waals surface area contributed by atoms with Crippen molar-refractivity contribution in [1.82, 2.24) is 0 Å². The van der Waals surface area contributed by atoms with E-state index in [1.165, 1.54) is 12.1 Å². The summed E-state index contributed by atoms with van der Waals surface area (Å²) in [5, 5.41) is 4.00. The van der Waals surface area contributed by atoms with Crippen LogP contribution in [-0.4, -0.2) is 7.11 Å². The SMILES string of the molecule is COc1cc(CNc2ccccc2Cl)cc(I)c1OCc1ccc(F)cc1. The van der Waals surface area contributed by atoms with Crippen molar-refractivity contribution in [3.63, 3.8) is 0 Å². The molecule has 0 atom stereocenters. The largest absolute Gasteiger partial charge is 0.493 e. The summed E-state index contributed by atoms with van der Waals surface area (Å²) in [5.41, 5.74) is 2.81. The van der Waals surface area contributed by atoms with E-state index in [0.29, 0.717) is 29.7 Å². The van der Waals surface area contributed by atoms with Crippen molar-refractivity contribution in [2.45, 2.75) is 13.2 Å². The number of halogens is 3. The molecule has 3 rings (SSSR count). The summed E-state index contributed by atoms with van der Waals surface area (Å²) in [6.07, 6.45) is 0. The van der Waals surface area contributed by atoms with E-state index < -0.39 is 0 Å². The molecule has 0 aliphatic rings. The van der Waals surface area contributed by atoms with E-state index in [9.17, 15) is 4.39 Å². The average Bonchev–Trinajstić information content (AvgIpc) is 2.67. The topological polar surface area (TPSA) is 30.5 Å². The Kier molecular flexibility index (Phi) is 6.79. The van der Waals surface area contributed by atoms with Crippen LogP contribution in [0.1, 0.15) is 11.1 Å². The molecule has 3 aromatic rings. The van der Waals surface area contributed by atoms with Gasteiger partial charge in [-0.3, -0.25) is 0 Å². The summed E-state index contributed by atoms with van der Waals surface area (Å²) in [4.78, 5) is 0. The monoisotopic (exact) mass is 497 g/mol. The molecule has 0 saturated carbocycles. The maximum Gasteiger partial charge on any atom is 0.174 e. The first-order valence-electron chi connectivity index (χ1n) is 8.29. The molecule has 3 aromatic carbocycles. The first kappa shape index (κ1) is 19.8. The lowest BCUT2D eigenvalue weighted by Crippen LogP contribution is -2.04. The zero-order valence-electron chi connectivity index (χ0n) is 14.6. The summed E-state index contributed by atoms with van der Waals surface area (Å²) in [6, 6.07) is 17.8. The molecular formula is C21H18ClFINO2. The summed E-state index contributed by atoms with van der Waals surface area (Å²) in [6.45, 7) is 0.943. The number of hydrogen-bond donors (Lipinski definition) is 1. The van der Waals surface area contributed by atoms with Crippen LogP contribution in [0.2, 0.25) is 5.02 Å². The minimum Gasteiger partial charge on any atom is -0.493 e. The van der Waals surface area contributed by atoms with E-state index >= 15 is 0 Å². The second-order valence-corrected chi connectivity index (χ2v) is 7.43. The van der Waals surface area contributed by atoms with E-state index in [2.05, 4.69) is 27.9 Å². The van der Waals surface area contributed by atoms with Gasteiger partial charge in [0.1, 0.15) is 12.4 Å². The highest BCUT2D eigenvalue weighted by molar-refractivity contribution is 14.1. The maximum atomic E-state index is 13.0. The third-order valence-corrected chi connectivity index (χ3v) is 5.07. The predicted octanol–water partition coefficient (Wildman–Crippen LogP) is 6.28. The van der Waals surface area contributed by atoms with Crippen LogP contribution in [0, 0.1) is 9.39 Å². The molecule has 0 aliphatic carbocycles. The molecular weight excluding hydrogens is 480 g/mol. The Balaban J connectivity index is 1.72. The Morgan fingerprint density at radius 3 is 2.48 bits per heavy atom. The van der Waals surface area contributed by atoms with Gasteiger partial charge in [-0.15, -0.1) is 0 Å². The summed E-state index contributed by atoms with van der Waals surface area (Å²) < 4.78 is 25.4. The van der Waals surface area contributed by atoms with E-state index in [1.807, 2.05) is 36.4 Å². The second kappa shape index (κ2) is 9.28. The summed E-state index contributed by atoms with van der Waals surface area (Å²) >= 11 is 8.41. The molecule has 0 spiro atoms. The fourth-order valence-electron chi connectivity index (χ4n) is 2.55. The van der Waals surface area contributed by atoms with Crippen molar-refractivity contribution in [1.29, 1.82) is 0 Å². The molecule has 0 fully saturated rings. The summed E-state index contributed by atoms with van der Waals surface area (Å²) in [7, 11) is 1.61. The van der Waals surface area contributed by atoms with E-state index in [0.717, 1.165) is 20.4 Å². The van der Waals surface area contributed by atoms with Crippen LogP contribution in [0.15, 0.2) is 60.7 Å². The molecule has 0 heterocycles. The minimum absolute atomic E-state index is 0.263. The first-order chi connectivity index (χ1) is 13.1. The average molecular weight is 498 g/mol. The van der Waals surface area contributed by atoms with Gasteiger partial charge in [0.2, 0.25) is 0 Å². The Labute approximate surface area is 176 Å². The van der Waals surface area contributed by atoms with Crippen LogP contribution >= 0.6 is 34.2 Å². The van der Waals surface area contributed by atoms with Gasteiger partial charge in [-0.25, -0.2) is 4.39 Å². The fraction of sp³-hybridized carbons (Fsp3) is 0.143. The Hall–Kier alpha value is -1.99. The smallest absolute Gasteiger partial charge is 0.174 e. The van der Waals surface area contributed by atoms with Gasteiger partial charge < -0.3 is 14.8 Å². The van der Waals surface area contributed by atoms with E-state index in [-0.39, 0.29) is 5.82 Å². The van der Waals surface area contributed by atoms with Gasteiger partial charge in [0.05, 0.1) is 21.4 Å². The van der Waals surface area contributed by atoms with Crippen LogP contribution in [0.3, 0.4) is 0 Å². The van der Waals surface area contributed by atoms with Crippen LogP contribution in [0.5, 0.6) is 11.5 Å². The van der Waals surface area contributed by atoms with E-state index in [4.69, 9.17) is 21.1 Å². The predicted molar refractivity (Wildman–Crippen MR) is 115 cm³/mol. The first-order valence-corrected chi connectivity index (χ1v) is 9.74. The molecule has 0 aliphatic heterocycles. The third kappa shape index (κ3) is 5.26. The van der Waals surface area contributed by atoms with Crippen LogP contribution < -0.4 is 14.8 Å². The number of anilines is 1. The molecule has 3 nitrogen and oxygen atoms in total. The lowest BCUT2D eigenvalue weighted by Gasteiger charge is -2.15. The second-order valence-electron chi connectivity index (χ2n) is 5.86. The van der Waals surface area contributed by atoms with Gasteiger partial charge >= 0.3 is 0 Å². The zero-order valence-corrected chi connectivity index (χ0v) is 17.6. The van der Waals surface area contributed by atoms with Gasteiger partial charge in [-0.1, -0.05) is 35.9 Å². The lowest BCUT2D eigenvalue weighted by atomic mass is 10.2. The number of benzene rings is 3. The number of nitrogens with one attached hydrogen (secondary N) is 1. The molecule has 0 radical (unpaired) electrons. The third-order valence-electron chi connectivity index (χ3n) is 3.94. The van der Waals surface area contributed by atoms with Gasteiger partial charge in [-0.2, -0.15) is 0 Å². The highest BCUT2D eigenvalue weighted by Gasteiger charge is 2.12. The lowest BCUT2D eigenvalue weighted by molar-refractivity contribution is 0.282. The van der Waals surface area contributed by atoms with Crippen molar-refractivity contribution in [2.24, 2.45) is 0 Å². The number of ether oxygens (including phenoxy) is 2. The molecule has 0 aromatic heterocycles. The van der Waals surface area contributed by atoms with Crippen LogP contribution in [0.4, 0.5) is 10.1 Å². The maximum absolute atomic E-state index is 13.0. The van der Waals surface area contributed by atoms with Gasteiger partial charge in [-0.05, 0) is 70.1 Å². The molecule has 0 unspecified atom stereocenters. The highest BCUT2D eigenvalue weighted by atomic mass is 127. The minimum atomic E-state index is -0.263. The van der Waals surface area contributed by atoms with Crippen LogP contribution in [-0.2, 0) is 13.2 Å². The molecule has 27 heavy (non-hydrogen) atoms. The van der Waals surface area contributed by atoms with Crippen molar-refractivity contribution in [2.75, 3.05) is 12.4 Å². The number of rotatable bonds is 7. The van der Waals surface area contributed by atoms with Crippen molar-refractivity contribution in [3.05, 3.63) is 86.2 Å². The van der Waals surface area contributed by atoms with Crippen molar-refractivity contribution >= 4 is 39.9 Å². The number of hydrogen-bond acceptors (Lipinski definition) is 3. The zero-order chi connectivity index (χ0) is 19.2. The van der Waals surface area contributed by atoms with Gasteiger partial charge in [0.15, 0.2) is 11.5 Å². The Morgan fingerprint density at radius 2 is 1.78 bits per heavy atom. The van der Waals surface area contributed by atoms with E-state index in [1.54, 1.807) is 19.2 Å². The Morgan fingerprint density at radius 1 is 1.04 bits per heavy atom. The molecule has 1 N–H and O–H groups in total. The highest BCUT2D eigenvalue weighted by Crippen LogP contribution is 2.35. The summed E-state index contributed by atoms with van der Waals surface area (Å²) in [5.74, 6) is 1.06. The van der Waals surface area contributed by atoms with Crippen molar-refractivity contribution < 1.29 is 13.9 Å². The molecule has 0 saturated heterocycles. The van der Waals surface area contributed by atoms with Crippen molar-refractivity contribution in [3.8, 4) is 11.5 Å². The Bertz CT molecular complexity index is 919. The molecule has 0 amide bonds. The fourth-order valence-corrected chi connectivity index (χ4v) is 3.58. The quantitative estimate of drug-likeness (QED) is 0.390. The standard InChI is InChI=1S/C21H18ClFINO2/c1-26-20-11-15(12-25-19-5-3-2-4-17(19)22)10-18(24)21(20)27-13-14-6-8-16(23)9-7-14/h2-11,25H,12-13H2,1H3. The molecule has 140 valence electrons.